The molecular formula is C17H36N2. The van der Waals surface area contributed by atoms with E-state index in [1.54, 1.807) is 0 Å². The monoisotopic (exact) mass is 268 g/mol. The molecule has 0 aromatic rings. The fourth-order valence-corrected chi connectivity index (χ4v) is 3.78. The largest absolute Gasteiger partial charge is 0.316 e. The fraction of sp³-hybridized carbons (Fsp3) is 1.00. The van der Waals surface area contributed by atoms with Crippen molar-refractivity contribution in [2.45, 2.75) is 65.7 Å². The summed E-state index contributed by atoms with van der Waals surface area (Å²) >= 11 is 0. The van der Waals surface area contributed by atoms with Gasteiger partial charge in [0.25, 0.3) is 0 Å². The van der Waals surface area contributed by atoms with Gasteiger partial charge in [0.05, 0.1) is 0 Å². The lowest BCUT2D eigenvalue weighted by molar-refractivity contribution is 0.146. The van der Waals surface area contributed by atoms with Crippen LogP contribution in [0.1, 0.15) is 65.7 Å². The molecule has 2 heteroatoms. The standard InChI is InChI=1S/C17H36N2/c1-5-12-17(3,14-18-6-2)15-19(4)13-16-10-8-7-9-11-16/h16,18H,5-15H2,1-4H3. The Balaban J connectivity index is 2.38. The minimum Gasteiger partial charge on any atom is -0.316 e. The van der Waals surface area contributed by atoms with E-state index < -0.39 is 0 Å². The predicted molar refractivity (Wildman–Crippen MR) is 85.6 cm³/mol. The van der Waals surface area contributed by atoms with Crippen molar-refractivity contribution >= 4 is 0 Å². The Labute approximate surface area is 121 Å². The zero-order valence-corrected chi connectivity index (χ0v) is 13.8. The Morgan fingerprint density at radius 3 is 2.42 bits per heavy atom. The van der Waals surface area contributed by atoms with Gasteiger partial charge in [-0.3, -0.25) is 0 Å². The summed E-state index contributed by atoms with van der Waals surface area (Å²) in [7, 11) is 2.33. The minimum absolute atomic E-state index is 0.439. The SMILES string of the molecule is CCCC(C)(CNCC)CN(C)CC1CCCCC1. The van der Waals surface area contributed by atoms with E-state index in [0.29, 0.717) is 5.41 Å². The molecule has 1 atom stereocenters. The van der Waals surface area contributed by atoms with Crippen LogP contribution < -0.4 is 5.32 Å². The smallest absolute Gasteiger partial charge is 0.00445 e. The second-order valence-electron chi connectivity index (χ2n) is 7.04. The van der Waals surface area contributed by atoms with Gasteiger partial charge in [-0.05, 0) is 44.2 Å². The zero-order chi connectivity index (χ0) is 14.1. The van der Waals surface area contributed by atoms with Gasteiger partial charge in [-0.1, -0.05) is 46.5 Å². The van der Waals surface area contributed by atoms with Gasteiger partial charge < -0.3 is 10.2 Å². The Morgan fingerprint density at radius 1 is 1.16 bits per heavy atom. The maximum Gasteiger partial charge on any atom is 0.00445 e. The summed E-state index contributed by atoms with van der Waals surface area (Å²) in [6, 6.07) is 0. The van der Waals surface area contributed by atoms with E-state index in [9.17, 15) is 0 Å². The quantitative estimate of drug-likeness (QED) is 0.682. The summed E-state index contributed by atoms with van der Waals surface area (Å²) in [4.78, 5) is 2.60. The van der Waals surface area contributed by atoms with Crippen LogP contribution >= 0.6 is 0 Å². The van der Waals surface area contributed by atoms with Crippen LogP contribution in [0.3, 0.4) is 0 Å². The Hall–Kier alpha value is -0.0800. The van der Waals surface area contributed by atoms with Gasteiger partial charge in [-0.25, -0.2) is 0 Å². The molecule has 0 heterocycles. The highest BCUT2D eigenvalue weighted by molar-refractivity contribution is 4.81. The minimum atomic E-state index is 0.439. The zero-order valence-electron chi connectivity index (χ0n) is 13.8. The summed E-state index contributed by atoms with van der Waals surface area (Å²) < 4.78 is 0. The summed E-state index contributed by atoms with van der Waals surface area (Å²) in [5, 5.41) is 3.56. The topological polar surface area (TPSA) is 15.3 Å². The van der Waals surface area contributed by atoms with Crippen molar-refractivity contribution < 1.29 is 0 Å². The highest BCUT2D eigenvalue weighted by atomic mass is 15.1. The molecule has 0 aromatic heterocycles. The van der Waals surface area contributed by atoms with Gasteiger partial charge in [0, 0.05) is 19.6 Å². The van der Waals surface area contributed by atoms with Gasteiger partial charge in [0.2, 0.25) is 0 Å². The lowest BCUT2D eigenvalue weighted by atomic mass is 9.84. The highest BCUT2D eigenvalue weighted by Gasteiger charge is 2.26. The van der Waals surface area contributed by atoms with E-state index in [0.717, 1.165) is 19.0 Å². The van der Waals surface area contributed by atoms with Crippen LogP contribution in [0, 0.1) is 11.3 Å². The van der Waals surface area contributed by atoms with Gasteiger partial charge in [0.1, 0.15) is 0 Å². The molecule has 1 N–H and O–H groups in total. The fourth-order valence-electron chi connectivity index (χ4n) is 3.78. The van der Waals surface area contributed by atoms with E-state index in [4.69, 9.17) is 0 Å². The van der Waals surface area contributed by atoms with Gasteiger partial charge in [-0.15, -0.1) is 0 Å². The second-order valence-corrected chi connectivity index (χ2v) is 7.04. The van der Waals surface area contributed by atoms with Crippen LogP contribution in [0.15, 0.2) is 0 Å². The summed E-state index contributed by atoms with van der Waals surface area (Å²) in [6.07, 6.45) is 9.93. The van der Waals surface area contributed by atoms with Crippen LogP contribution in [-0.4, -0.2) is 38.1 Å². The van der Waals surface area contributed by atoms with Gasteiger partial charge in [-0.2, -0.15) is 0 Å². The van der Waals surface area contributed by atoms with Crippen LogP contribution in [-0.2, 0) is 0 Å². The first-order valence-corrected chi connectivity index (χ1v) is 8.49. The van der Waals surface area contributed by atoms with E-state index in [-0.39, 0.29) is 0 Å². The normalized spacial score (nSPS) is 20.7. The molecule has 1 fully saturated rings. The van der Waals surface area contributed by atoms with Crippen LogP contribution in [0.5, 0.6) is 0 Å². The molecule has 19 heavy (non-hydrogen) atoms. The van der Waals surface area contributed by atoms with Crippen molar-refractivity contribution in [3.8, 4) is 0 Å². The molecule has 0 amide bonds. The molecule has 0 radical (unpaired) electrons. The van der Waals surface area contributed by atoms with Crippen molar-refractivity contribution in [3.05, 3.63) is 0 Å². The molecule has 2 nitrogen and oxygen atoms in total. The van der Waals surface area contributed by atoms with Crippen LogP contribution in [0.2, 0.25) is 0 Å². The molecular weight excluding hydrogens is 232 g/mol. The van der Waals surface area contributed by atoms with Crippen LogP contribution in [0.25, 0.3) is 0 Å². The molecule has 1 aliphatic carbocycles. The lowest BCUT2D eigenvalue weighted by Gasteiger charge is -2.36. The molecule has 0 aliphatic heterocycles. The molecule has 0 saturated heterocycles. The summed E-state index contributed by atoms with van der Waals surface area (Å²) in [6.45, 7) is 11.8. The summed E-state index contributed by atoms with van der Waals surface area (Å²) in [5.74, 6) is 0.962. The molecule has 0 spiro atoms. The maximum absolute atomic E-state index is 3.56. The number of rotatable bonds is 9. The molecule has 1 rings (SSSR count). The number of nitrogens with zero attached hydrogens (tertiary/aromatic N) is 1. The first-order chi connectivity index (χ1) is 9.09. The maximum atomic E-state index is 3.56. The predicted octanol–water partition coefficient (Wildman–Crippen LogP) is 3.91. The van der Waals surface area contributed by atoms with Crippen molar-refractivity contribution in [1.29, 1.82) is 0 Å². The van der Waals surface area contributed by atoms with E-state index in [2.05, 4.69) is 38.0 Å². The van der Waals surface area contributed by atoms with Crippen molar-refractivity contribution in [2.75, 3.05) is 33.2 Å². The Bertz CT molecular complexity index is 223. The second kappa shape index (κ2) is 8.97. The van der Waals surface area contributed by atoms with E-state index >= 15 is 0 Å². The average molecular weight is 268 g/mol. The van der Waals surface area contributed by atoms with E-state index in [1.165, 1.54) is 58.0 Å². The Kier molecular flexibility index (Phi) is 8.01. The van der Waals surface area contributed by atoms with Crippen molar-refractivity contribution in [3.63, 3.8) is 0 Å². The Morgan fingerprint density at radius 2 is 1.84 bits per heavy atom. The van der Waals surface area contributed by atoms with Crippen molar-refractivity contribution in [2.24, 2.45) is 11.3 Å². The van der Waals surface area contributed by atoms with Crippen molar-refractivity contribution in [1.82, 2.24) is 10.2 Å². The first kappa shape index (κ1) is 17.0. The highest BCUT2D eigenvalue weighted by Crippen LogP contribution is 2.27. The molecule has 1 saturated carbocycles. The molecule has 0 aromatic carbocycles. The first-order valence-electron chi connectivity index (χ1n) is 8.49. The number of hydrogen-bond donors (Lipinski definition) is 1. The third kappa shape index (κ3) is 6.76. The van der Waals surface area contributed by atoms with E-state index in [1.807, 2.05) is 0 Å². The third-order valence-electron chi connectivity index (χ3n) is 4.60. The van der Waals surface area contributed by atoms with Gasteiger partial charge >= 0.3 is 0 Å². The van der Waals surface area contributed by atoms with Gasteiger partial charge in [0.15, 0.2) is 0 Å². The molecule has 114 valence electrons. The number of nitrogens with one attached hydrogen (secondary N) is 1. The molecule has 1 aliphatic rings. The summed E-state index contributed by atoms with van der Waals surface area (Å²) in [5.41, 5.74) is 0.439. The number of hydrogen-bond acceptors (Lipinski definition) is 2. The third-order valence-corrected chi connectivity index (χ3v) is 4.60. The molecule has 0 bridgehead atoms. The lowest BCUT2D eigenvalue weighted by Crippen LogP contribution is -2.42. The van der Waals surface area contributed by atoms with Crippen LogP contribution in [0.4, 0.5) is 0 Å². The molecule has 1 unspecified atom stereocenters. The average Bonchev–Trinajstić information content (AvgIpc) is 2.37.